The first-order valence-corrected chi connectivity index (χ1v) is 3.29. The van der Waals surface area contributed by atoms with E-state index in [1.54, 1.807) is 0 Å². The van der Waals surface area contributed by atoms with Gasteiger partial charge in [0.05, 0.1) is 0 Å². The normalized spacial score (nSPS) is 7.62. The SMILES string of the molecule is NCCSC(N)=S.[NaH]. The summed E-state index contributed by atoms with van der Waals surface area (Å²) in [6.07, 6.45) is 0. The quantitative estimate of drug-likeness (QED) is 0.413. The summed E-state index contributed by atoms with van der Waals surface area (Å²) in [6, 6.07) is 0. The van der Waals surface area contributed by atoms with Crippen molar-refractivity contribution in [3.63, 3.8) is 0 Å². The fourth-order valence-electron chi connectivity index (χ4n) is 0.160. The number of hydrogen-bond acceptors (Lipinski definition) is 3. The van der Waals surface area contributed by atoms with Crippen LogP contribution in [0, 0.1) is 0 Å². The van der Waals surface area contributed by atoms with Gasteiger partial charge in [-0.2, -0.15) is 0 Å². The van der Waals surface area contributed by atoms with Gasteiger partial charge in [0.15, 0.2) is 0 Å². The molecule has 0 rings (SSSR count). The van der Waals surface area contributed by atoms with E-state index < -0.39 is 0 Å². The molecule has 0 saturated carbocycles. The standard InChI is InChI=1S/C3H8N2S2.Na.H/c4-1-2-7-3(5)6;;/h1-2,4H2,(H2,5,6);;. The van der Waals surface area contributed by atoms with Gasteiger partial charge in [-0.3, -0.25) is 0 Å². The molecule has 0 bridgehead atoms. The summed E-state index contributed by atoms with van der Waals surface area (Å²) in [5, 5.41) is 0. The molecule has 0 radical (unpaired) electrons. The van der Waals surface area contributed by atoms with E-state index in [1.165, 1.54) is 11.8 Å². The number of nitrogens with two attached hydrogens (primary N) is 2. The van der Waals surface area contributed by atoms with Crippen LogP contribution in [-0.2, 0) is 0 Å². The maximum absolute atomic E-state index is 5.14. The van der Waals surface area contributed by atoms with Crippen molar-refractivity contribution in [2.24, 2.45) is 11.5 Å². The number of hydrogen-bond donors (Lipinski definition) is 2. The van der Waals surface area contributed by atoms with E-state index >= 15 is 0 Å². The fraction of sp³-hybridized carbons (Fsp3) is 0.667. The molecule has 0 saturated heterocycles. The van der Waals surface area contributed by atoms with Gasteiger partial charge in [-0.15, -0.1) is 0 Å². The second-order valence-electron chi connectivity index (χ2n) is 0.956. The third kappa shape index (κ3) is 10.2. The number of thioether (sulfide) groups is 1. The van der Waals surface area contributed by atoms with E-state index in [0.29, 0.717) is 10.9 Å². The predicted octanol–water partition coefficient (Wildman–Crippen LogP) is -0.727. The fourth-order valence-corrected chi connectivity index (χ4v) is 0.729. The molecule has 0 aliphatic rings. The average Bonchev–Trinajstić information content (AvgIpc) is 1.61. The van der Waals surface area contributed by atoms with Crippen molar-refractivity contribution >= 4 is 57.9 Å². The summed E-state index contributed by atoms with van der Waals surface area (Å²) >= 11 is 5.96. The van der Waals surface area contributed by atoms with Gasteiger partial charge in [0.2, 0.25) is 0 Å². The van der Waals surface area contributed by atoms with Gasteiger partial charge in [-0.1, -0.05) is 24.0 Å². The molecule has 0 heterocycles. The van der Waals surface area contributed by atoms with Crippen LogP contribution in [0.2, 0.25) is 0 Å². The molecule has 4 N–H and O–H groups in total. The Morgan fingerprint density at radius 1 is 1.62 bits per heavy atom. The van der Waals surface area contributed by atoms with Crippen molar-refractivity contribution in [1.29, 1.82) is 0 Å². The molecule has 0 aromatic heterocycles. The van der Waals surface area contributed by atoms with Crippen LogP contribution in [-0.4, -0.2) is 46.2 Å². The molecular weight excluding hydrogens is 151 g/mol. The Labute approximate surface area is 81.0 Å². The summed E-state index contributed by atoms with van der Waals surface area (Å²) in [7, 11) is 0. The summed E-state index contributed by atoms with van der Waals surface area (Å²) in [5.74, 6) is 0.829. The van der Waals surface area contributed by atoms with E-state index in [9.17, 15) is 0 Å². The Morgan fingerprint density at radius 2 is 2.12 bits per heavy atom. The van der Waals surface area contributed by atoms with Gasteiger partial charge in [0.25, 0.3) is 0 Å². The Balaban J connectivity index is 0. The zero-order chi connectivity index (χ0) is 5.70. The molecule has 0 aliphatic carbocycles. The molecule has 8 heavy (non-hydrogen) atoms. The molecule has 44 valence electrons. The second kappa shape index (κ2) is 8.20. The number of thiocarbonyl (C=S) groups is 1. The third-order valence-electron chi connectivity index (χ3n) is 0.362. The first-order chi connectivity index (χ1) is 3.27. The molecule has 0 fully saturated rings. The first-order valence-electron chi connectivity index (χ1n) is 1.89. The summed E-state index contributed by atoms with van der Waals surface area (Å²) in [4.78, 5) is 0. The predicted molar refractivity (Wildman–Crippen MR) is 45.4 cm³/mol. The van der Waals surface area contributed by atoms with Crippen LogP contribution in [0.4, 0.5) is 0 Å². The van der Waals surface area contributed by atoms with Crippen molar-refractivity contribution in [1.82, 2.24) is 0 Å². The van der Waals surface area contributed by atoms with Crippen molar-refractivity contribution in [3.8, 4) is 0 Å². The van der Waals surface area contributed by atoms with Crippen LogP contribution in [0.5, 0.6) is 0 Å². The van der Waals surface area contributed by atoms with Gasteiger partial charge in [-0.05, 0) is 0 Å². The molecule has 0 amide bonds. The Morgan fingerprint density at radius 3 is 2.25 bits per heavy atom. The van der Waals surface area contributed by atoms with Crippen molar-refractivity contribution < 1.29 is 0 Å². The van der Waals surface area contributed by atoms with Crippen LogP contribution in [0.1, 0.15) is 0 Å². The molecule has 0 atom stereocenters. The van der Waals surface area contributed by atoms with Gasteiger partial charge >= 0.3 is 29.6 Å². The zero-order valence-corrected chi connectivity index (χ0v) is 5.52. The van der Waals surface area contributed by atoms with Crippen LogP contribution >= 0.6 is 24.0 Å². The van der Waals surface area contributed by atoms with E-state index in [0.717, 1.165) is 5.75 Å². The topological polar surface area (TPSA) is 52.0 Å². The molecular formula is C3H9N2NaS2. The Kier molecular flexibility index (Phi) is 12.2. The maximum atomic E-state index is 5.14. The van der Waals surface area contributed by atoms with Crippen LogP contribution in [0.3, 0.4) is 0 Å². The van der Waals surface area contributed by atoms with Crippen molar-refractivity contribution in [2.45, 2.75) is 0 Å². The molecule has 2 nitrogen and oxygen atoms in total. The van der Waals surface area contributed by atoms with E-state index in [4.69, 9.17) is 11.5 Å². The second-order valence-corrected chi connectivity index (χ2v) is 2.79. The Bertz CT molecular complexity index is 68.3. The minimum atomic E-state index is 0. The van der Waals surface area contributed by atoms with E-state index in [1.807, 2.05) is 0 Å². The van der Waals surface area contributed by atoms with Gasteiger partial charge in [0, 0.05) is 12.3 Å². The van der Waals surface area contributed by atoms with E-state index in [2.05, 4.69) is 12.2 Å². The monoisotopic (exact) mass is 160 g/mol. The molecule has 0 aromatic rings. The zero-order valence-electron chi connectivity index (χ0n) is 3.89. The first kappa shape index (κ1) is 11.9. The van der Waals surface area contributed by atoms with Crippen molar-refractivity contribution in [3.05, 3.63) is 0 Å². The summed E-state index contributed by atoms with van der Waals surface area (Å²) in [5.41, 5.74) is 10.3. The van der Waals surface area contributed by atoms with Gasteiger partial charge in [0.1, 0.15) is 4.32 Å². The molecule has 0 unspecified atom stereocenters. The minimum absolute atomic E-state index is 0. The third-order valence-corrected chi connectivity index (χ3v) is 1.44. The van der Waals surface area contributed by atoms with E-state index in [-0.39, 0.29) is 29.6 Å². The van der Waals surface area contributed by atoms with Gasteiger partial charge < -0.3 is 11.5 Å². The van der Waals surface area contributed by atoms with Crippen LogP contribution in [0.25, 0.3) is 0 Å². The molecule has 5 heteroatoms. The van der Waals surface area contributed by atoms with Crippen LogP contribution < -0.4 is 11.5 Å². The molecule has 0 aliphatic heterocycles. The number of rotatable bonds is 2. The van der Waals surface area contributed by atoms with Crippen molar-refractivity contribution in [2.75, 3.05) is 12.3 Å². The summed E-state index contributed by atoms with van der Waals surface area (Å²) in [6.45, 7) is 0.641. The summed E-state index contributed by atoms with van der Waals surface area (Å²) < 4.78 is 0.477. The van der Waals surface area contributed by atoms with Gasteiger partial charge in [-0.25, -0.2) is 0 Å². The molecule has 0 aromatic carbocycles. The molecule has 0 spiro atoms. The average molecular weight is 160 g/mol. The van der Waals surface area contributed by atoms with Crippen LogP contribution in [0.15, 0.2) is 0 Å². The Hall–Kier alpha value is 1.20.